The number of pyridine rings is 1. The monoisotopic (exact) mass is 294 g/mol. The van der Waals surface area contributed by atoms with Crippen LogP contribution in [0, 0.1) is 5.41 Å². The molecule has 3 N–H and O–H groups in total. The summed E-state index contributed by atoms with van der Waals surface area (Å²) in [5.41, 5.74) is 0.906. The summed E-state index contributed by atoms with van der Waals surface area (Å²) in [6.45, 7) is 10.3. The Morgan fingerprint density at radius 1 is 1.33 bits per heavy atom. The van der Waals surface area contributed by atoms with Crippen molar-refractivity contribution in [3.63, 3.8) is 0 Å². The van der Waals surface area contributed by atoms with Crippen LogP contribution in [-0.2, 0) is 0 Å². The van der Waals surface area contributed by atoms with Gasteiger partial charge in [0.05, 0.1) is 5.56 Å². The molecular weight excluding hydrogens is 268 g/mol. The molecule has 1 heterocycles. The third kappa shape index (κ3) is 5.01. The number of aliphatic hydroxyl groups is 1. The highest BCUT2D eigenvalue weighted by Gasteiger charge is 2.25. The van der Waals surface area contributed by atoms with Gasteiger partial charge in [0.2, 0.25) is 0 Å². The summed E-state index contributed by atoms with van der Waals surface area (Å²) in [7, 11) is 0. The van der Waals surface area contributed by atoms with Crippen LogP contribution >= 0.6 is 0 Å². The summed E-state index contributed by atoms with van der Waals surface area (Å²) >= 11 is 0. The van der Waals surface area contributed by atoms with Crippen LogP contribution in [0.3, 0.4) is 0 Å². The molecule has 1 atom stereocenters. The molecule has 0 bridgehead atoms. The van der Waals surface area contributed by atoms with Crippen molar-refractivity contribution in [1.82, 2.24) is 4.98 Å². The van der Waals surface area contributed by atoms with E-state index in [4.69, 9.17) is 0 Å². The molecule has 5 nitrogen and oxygen atoms in total. The summed E-state index contributed by atoms with van der Waals surface area (Å²) in [5.74, 6) is -0.264. The number of carbonyl (C=O) groups is 1. The maximum atomic E-state index is 11.2. The van der Waals surface area contributed by atoms with Gasteiger partial charge in [-0.05, 0) is 29.9 Å². The molecule has 0 spiro atoms. The SMILES string of the molecule is CC(C)c1cc(C(=O)O)cc(NC(CCO)C(C)(C)C)n1. The number of aromatic carboxylic acids is 1. The van der Waals surface area contributed by atoms with Crippen LogP contribution in [0.15, 0.2) is 12.1 Å². The molecule has 21 heavy (non-hydrogen) atoms. The van der Waals surface area contributed by atoms with Gasteiger partial charge in [-0.3, -0.25) is 0 Å². The predicted molar refractivity (Wildman–Crippen MR) is 83.9 cm³/mol. The summed E-state index contributed by atoms with van der Waals surface area (Å²) in [5, 5.41) is 21.7. The number of aliphatic hydroxyl groups excluding tert-OH is 1. The molecule has 0 saturated heterocycles. The normalized spacial score (nSPS) is 13.3. The zero-order valence-corrected chi connectivity index (χ0v) is 13.5. The van der Waals surface area contributed by atoms with E-state index < -0.39 is 5.97 Å². The summed E-state index contributed by atoms with van der Waals surface area (Å²) in [6, 6.07) is 3.17. The lowest BCUT2D eigenvalue weighted by Crippen LogP contribution is -2.35. The molecule has 0 radical (unpaired) electrons. The molecule has 0 aliphatic rings. The Labute approximate surface area is 126 Å². The minimum absolute atomic E-state index is 0.0130. The predicted octanol–water partition coefficient (Wildman–Crippen LogP) is 3.11. The molecule has 0 fully saturated rings. The van der Waals surface area contributed by atoms with E-state index in [1.807, 2.05) is 13.8 Å². The second-order valence-corrected chi connectivity index (χ2v) is 6.70. The molecule has 1 aromatic heterocycles. The zero-order valence-electron chi connectivity index (χ0n) is 13.5. The molecule has 0 saturated carbocycles. The molecule has 5 heteroatoms. The number of rotatable bonds is 6. The Morgan fingerprint density at radius 2 is 1.95 bits per heavy atom. The molecule has 0 amide bonds. The van der Waals surface area contributed by atoms with Gasteiger partial charge in [-0.2, -0.15) is 0 Å². The third-order valence-electron chi connectivity index (χ3n) is 3.47. The first-order chi connectivity index (χ1) is 9.65. The first kappa shape index (κ1) is 17.4. The van der Waals surface area contributed by atoms with Gasteiger partial charge in [0.1, 0.15) is 5.82 Å². The maximum Gasteiger partial charge on any atom is 0.335 e. The maximum absolute atomic E-state index is 11.2. The molecule has 1 aromatic rings. The Bertz CT molecular complexity index is 493. The van der Waals surface area contributed by atoms with Crippen LogP contribution in [0.4, 0.5) is 5.82 Å². The first-order valence-electron chi connectivity index (χ1n) is 7.27. The highest BCUT2D eigenvalue weighted by Crippen LogP contribution is 2.26. The molecule has 1 unspecified atom stereocenters. The first-order valence-corrected chi connectivity index (χ1v) is 7.27. The molecular formula is C16H26N2O3. The summed E-state index contributed by atoms with van der Waals surface area (Å²) in [4.78, 5) is 15.7. The Morgan fingerprint density at radius 3 is 2.38 bits per heavy atom. The van der Waals surface area contributed by atoms with Crippen LogP contribution in [0.1, 0.15) is 63.0 Å². The minimum atomic E-state index is -0.961. The molecule has 0 aromatic carbocycles. The fourth-order valence-electron chi connectivity index (χ4n) is 2.07. The van der Waals surface area contributed by atoms with E-state index in [0.717, 1.165) is 5.69 Å². The zero-order chi connectivity index (χ0) is 16.2. The lowest BCUT2D eigenvalue weighted by molar-refractivity contribution is 0.0696. The Balaban J connectivity index is 3.13. The van der Waals surface area contributed by atoms with Gasteiger partial charge in [0.25, 0.3) is 0 Å². The number of hydrogen-bond acceptors (Lipinski definition) is 4. The number of aromatic nitrogens is 1. The Kier molecular flexibility index (Phi) is 5.72. The van der Waals surface area contributed by atoms with E-state index >= 15 is 0 Å². The highest BCUT2D eigenvalue weighted by atomic mass is 16.4. The summed E-state index contributed by atoms with van der Waals surface area (Å²) < 4.78 is 0. The van der Waals surface area contributed by atoms with E-state index in [-0.39, 0.29) is 29.5 Å². The highest BCUT2D eigenvalue weighted by molar-refractivity contribution is 5.88. The molecule has 1 rings (SSSR count). The standard InChI is InChI=1S/C16H26N2O3/c1-10(2)12-8-11(15(20)21)9-14(17-12)18-13(6-7-19)16(3,4)5/h8-10,13,19H,6-7H2,1-5H3,(H,17,18)(H,20,21). The van der Waals surface area contributed by atoms with Crippen LogP contribution in [0.25, 0.3) is 0 Å². The third-order valence-corrected chi connectivity index (χ3v) is 3.47. The van der Waals surface area contributed by atoms with Crippen molar-refractivity contribution in [1.29, 1.82) is 0 Å². The molecule has 0 aliphatic heterocycles. The molecule has 0 aliphatic carbocycles. The largest absolute Gasteiger partial charge is 0.478 e. The van der Waals surface area contributed by atoms with E-state index in [1.54, 1.807) is 12.1 Å². The van der Waals surface area contributed by atoms with E-state index in [0.29, 0.717) is 12.2 Å². The Hall–Kier alpha value is -1.62. The summed E-state index contributed by atoms with van der Waals surface area (Å²) in [6.07, 6.45) is 0.583. The van der Waals surface area contributed by atoms with Crippen molar-refractivity contribution < 1.29 is 15.0 Å². The van der Waals surface area contributed by atoms with Gasteiger partial charge >= 0.3 is 5.97 Å². The second-order valence-electron chi connectivity index (χ2n) is 6.70. The second kappa shape index (κ2) is 6.89. The van der Waals surface area contributed by atoms with Gasteiger partial charge < -0.3 is 15.5 Å². The number of carboxylic acids is 1. The minimum Gasteiger partial charge on any atom is -0.478 e. The van der Waals surface area contributed by atoms with E-state index in [1.165, 1.54) is 0 Å². The lowest BCUT2D eigenvalue weighted by atomic mass is 9.85. The van der Waals surface area contributed by atoms with Crippen molar-refractivity contribution in [2.45, 2.75) is 53.0 Å². The number of carboxylic acid groups (broad SMARTS) is 1. The lowest BCUT2D eigenvalue weighted by Gasteiger charge is -2.31. The number of nitrogens with one attached hydrogen (secondary N) is 1. The number of nitrogens with zero attached hydrogens (tertiary/aromatic N) is 1. The van der Waals surface area contributed by atoms with Crippen LogP contribution in [0.5, 0.6) is 0 Å². The van der Waals surface area contributed by atoms with Crippen molar-refractivity contribution in [3.8, 4) is 0 Å². The van der Waals surface area contributed by atoms with Crippen molar-refractivity contribution in [2.75, 3.05) is 11.9 Å². The molecule has 118 valence electrons. The van der Waals surface area contributed by atoms with E-state index in [9.17, 15) is 15.0 Å². The number of anilines is 1. The number of hydrogen-bond donors (Lipinski definition) is 3. The van der Waals surface area contributed by atoms with Gasteiger partial charge in [-0.15, -0.1) is 0 Å². The average molecular weight is 294 g/mol. The van der Waals surface area contributed by atoms with Gasteiger partial charge in [-0.1, -0.05) is 34.6 Å². The van der Waals surface area contributed by atoms with Crippen molar-refractivity contribution in [2.24, 2.45) is 5.41 Å². The van der Waals surface area contributed by atoms with Crippen molar-refractivity contribution in [3.05, 3.63) is 23.4 Å². The van der Waals surface area contributed by atoms with Gasteiger partial charge in [0, 0.05) is 18.3 Å². The smallest absolute Gasteiger partial charge is 0.335 e. The quantitative estimate of drug-likeness (QED) is 0.751. The topological polar surface area (TPSA) is 82.5 Å². The van der Waals surface area contributed by atoms with Crippen LogP contribution < -0.4 is 5.32 Å². The van der Waals surface area contributed by atoms with E-state index in [2.05, 4.69) is 31.1 Å². The fourth-order valence-corrected chi connectivity index (χ4v) is 2.07. The van der Waals surface area contributed by atoms with Crippen LogP contribution in [0.2, 0.25) is 0 Å². The van der Waals surface area contributed by atoms with Gasteiger partial charge in [-0.25, -0.2) is 9.78 Å². The fraction of sp³-hybridized carbons (Fsp3) is 0.625. The average Bonchev–Trinajstić information content (AvgIpc) is 2.36. The van der Waals surface area contributed by atoms with Crippen molar-refractivity contribution >= 4 is 11.8 Å². The van der Waals surface area contributed by atoms with Crippen LogP contribution in [-0.4, -0.2) is 33.8 Å². The van der Waals surface area contributed by atoms with Gasteiger partial charge in [0.15, 0.2) is 0 Å².